The normalized spacial score (nSPS) is 11.6. The number of imidazole rings is 1. The van der Waals surface area contributed by atoms with Gasteiger partial charge in [-0.05, 0) is 36.4 Å². The molecule has 1 aromatic heterocycles. The molecule has 0 radical (unpaired) electrons. The molecule has 0 unspecified atom stereocenters. The number of aryl methyl sites for hydroxylation is 2. The van der Waals surface area contributed by atoms with Crippen LogP contribution in [0.2, 0.25) is 0 Å². The van der Waals surface area contributed by atoms with E-state index >= 15 is 0 Å². The fourth-order valence-electron chi connectivity index (χ4n) is 2.94. The van der Waals surface area contributed by atoms with Crippen LogP contribution < -0.4 is 5.32 Å². The Balaban J connectivity index is 1.75. The highest BCUT2D eigenvalue weighted by Gasteiger charge is 2.19. The van der Waals surface area contributed by atoms with Gasteiger partial charge in [0, 0.05) is 39.7 Å². The van der Waals surface area contributed by atoms with Crippen LogP contribution in [0, 0.1) is 11.3 Å². The molecule has 0 atom stereocenters. The zero-order chi connectivity index (χ0) is 21.2. The van der Waals surface area contributed by atoms with Crippen LogP contribution in [0.4, 0.5) is 5.69 Å². The molecular weight excluding hydrogens is 390 g/mol. The molecule has 0 aliphatic heterocycles. The Bertz CT molecular complexity index is 1220. The maximum Gasteiger partial charge on any atom is 0.242 e. The third-order valence-electron chi connectivity index (χ3n) is 4.57. The monoisotopic (exact) mass is 411 g/mol. The second-order valence-corrected chi connectivity index (χ2v) is 8.92. The predicted octanol–water partition coefficient (Wildman–Crippen LogP) is 2.27. The number of hydrogen-bond donors (Lipinski definition) is 1. The molecule has 0 saturated carbocycles. The summed E-state index contributed by atoms with van der Waals surface area (Å²) in [7, 11) is 1.25. The second kappa shape index (κ2) is 8.03. The second-order valence-electron chi connectivity index (χ2n) is 6.77. The number of fused-ring (bicyclic) bond motifs is 1. The van der Waals surface area contributed by atoms with Crippen molar-refractivity contribution < 1.29 is 13.2 Å². The number of nitrogens with zero attached hydrogens (tertiary/aromatic N) is 4. The molecule has 0 fully saturated rings. The van der Waals surface area contributed by atoms with Crippen LogP contribution in [0.5, 0.6) is 0 Å². The fraction of sp³-hybridized carbons (Fsp3) is 0.250. The van der Waals surface area contributed by atoms with Crippen molar-refractivity contribution >= 4 is 32.7 Å². The average molecular weight is 411 g/mol. The topological polar surface area (TPSA) is 108 Å². The molecule has 29 heavy (non-hydrogen) atoms. The smallest absolute Gasteiger partial charge is 0.242 e. The van der Waals surface area contributed by atoms with E-state index in [4.69, 9.17) is 5.26 Å². The van der Waals surface area contributed by atoms with Gasteiger partial charge in [0.15, 0.2) is 0 Å². The average Bonchev–Trinajstić information content (AvgIpc) is 3.01. The number of aromatic nitrogens is 2. The lowest BCUT2D eigenvalue weighted by Gasteiger charge is -2.10. The SMILES string of the molecule is CN(C)S(=O)(=O)c1ccc2c(c1)nc(CCC(=O)Nc1cccc(C#N)c1)n2C. The van der Waals surface area contributed by atoms with E-state index in [0.29, 0.717) is 29.0 Å². The first-order valence-electron chi connectivity index (χ1n) is 8.90. The Hall–Kier alpha value is -3.22. The van der Waals surface area contributed by atoms with E-state index in [2.05, 4.69) is 10.3 Å². The number of carbonyl (C=O) groups is 1. The van der Waals surface area contributed by atoms with Gasteiger partial charge in [0.25, 0.3) is 0 Å². The van der Waals surface area contributed by atoms with Gasteiger partial charge in [-0.15, -0.1) is 0 Å². The molecule has 0 bridgehead atoms. The zero-order valence-electron chi connectivity index (χ0n) is 16.4. The predicted molar refractivity (Wildman–Crippen MR) is 110 cm³/mol. The molecular formula is C20H21N5O3S. The number of nitriles is 1. The van der Waals surface area contributed by atoms with Gasteiger partial charge in [-0.25, -0.2) is 17.7 Å². The maximum absolute atomic E-state index is 12.3. The summed E-state index contributed by atoms with van der Waals surface area (Å²) in [5.41, 5.74) is 2.40. The summed E-state index contributed by atoms with van der Waals surface area (Å²) < 4.78 is 27.6. The first-order chi connectivity index (χ1) is 13.7. The molecule has 2 aromatic carbocycles. The summed E-state index contributed by atoms with van der Waals surface area (Å²) in [6, 6.07) is 13.6. The number of anilines is 1. The quantitative estimate of drug-likeness (QED) is 0.669. The number of sulfonamides is 1. The lowest BCUT2D eigenvalue weighted by atomic mass is 10.2. The van der Waals surface area contributed by atoms with Crippen LogP contribution in [0.3, 0.4) is 0 Å². The van der Waals surface area contributed by atoms with Gasteiger partial charge in [0.05, 0.1) is 27.6 Å². The van der Waals surface area contributed by atoms with Crippen LogP contribution >= 0.6 is 0 Å². The molecule has 150 valence electrons. The number of amides is 1. The van der Waals surface area contributed by atoms with E-state index < -0.39 is 10.0 Å². The van der Waals surface area contributed by atoms with E-state index in [1.165, 1.54) is 14.1 Å². The summed E-state index contributed by atoms with van der Waals surface area (Å²) in [6.45, 7) is 0. The van der Waals surface area contributed by atoms with Gasteiger partial charge in [0.2, 0.25) is 15.9 Å². The summed E-state index contributed by atoms with van der Waals surface area (Å²) >= 11 is 0. The Morgan fingerprint density at radius 1 is 1.24 bits per heavy atom. The lowest BCUT2D eigenvalue weighted by Crippen LogP contribution is -2.22. The summed E-state index contributed by atoms with van der Waals surface area (Å²) in [4.78, 5) is 16.9. The highest BCUT2D eigenvalue weighted by Crippen LogP contribution is 2.22. The van der Waals surface area contributed by atoms with Gasteiger partial charge >= 0.3 is 0 Å². The van der Waals surface area contributed by atoms with Crippen molar-refractivity contribution in [3.05, 3.63) is 53.9 Å². The summed E-state index contributed by atoms with van der Waals surface area (Å²) in [5.74, 6) is 0.489. The highest BCUT2D eigenvalue weighted by atomic mass is 32.2. The van der Waals surface area contributed by atoms with Crippen molar-refractivity contribution in [3.63, 3.8) is 0 Å². The van der Waals surface area contributed by atoms with Crippen molar-refractivity contribution in [1.82, 2.24) is 13.9 Å². The highest BCUT2D eigenvalue weighted by molar-refractivity contribution is 7.89. The van der Waals surface area contributed by atoms with Gasteiger partial charge in [0.1, 0.15) is 5.82 Å². The van der Waals surface area contributed by atoms with Crippen LogP contribution in [0.25, 0.3) is 11.0 Å². The zero-order valence-corrected chi connectivity index (χ0v) is 17.2. The number of carbonyl (C=O) groups excluding carboxylic acids is 1. The van der Waals surface area contributed by atoms with E-state index in [9.17, 15) is 13.2 Å². The van der Waals surface area contributed by atoms with Crippen LogP contribution in [-0.2, 0) is 28.3 Å². The molecule has 1 N–H and O–H groups in total. The maximum atomic E-state index is 12.3. The molecule has 3 aromatic rings. The number of nitrogens with one attached hydrogen (secondary N) is 1. The van der Waals surface area contributed by atoms with Crippen molar-refractivity contribution in [2.24, 2.45) is 7.05 Å². The van der Waals surface area contributed by atoms with Crippen molar-refractivity contribution in [2.75, 3.05) is 19.4 Å². The molecule has 9 heteroatoms. The van der Waals surface area contributed by atoms with E-state index in [-0.39, 0.29) is 17.2 Å². The largest absolute Gasteiger partial charge is 0.331 e. The third-order valence-corrected chi connectivity index (χ3v) is 6.39. The molecule has 3 rings (SSSR count). The van der Waals surface area contributed by atoms with Gasteiger partial charge in [-0.1, -0.05) is 6.07 Å². The Morgan fingerprint density at radius 3 is 2.69 bits per heavy atom. The molecule has 1 amide bonds. The minimum atomic E-state index is -3.54. The van der Waals surface area contributed by atoms with Crippen molar-refractivity contribution in [1.29, 1.82) is 5.26 Å². The first-order valence-corrected chi connectivity index (χ1v) is 10.3. The lowest BCUT2D eigenvalue weighted by molar-refractivity contribution is -0.116. The standard InChI is InChI=1S/C20H21N5O3S/c1-24(2)29(27,28)16-7-8-18-17(12-16)23-19(25(18)3)9-10-20(26)22-15-6-4-5-14(11-15)13-21/h4-8,11-12H,9-10H2,1-3H3,(H,22,26). The molecule has 0 aliphatic carbocycles. The molecule has 0 aliphatic rings. The Morgan fingerprint density at radius 2 is 2.00 bits per heavy atom. The number of hydrogen-bond acceptors (Lipinski definition) is 5. The van der Waals surface area contributed by atoms with Crippen LogP contribution in [0.15, 0.2) is 47.4 Å². The number of benzene rings is 2. The molecule has 8 nitrogen and oxygen atoms in total. The van der Waals surface area contributed by atoms with Gasteiger partial charge < -0.3 is 9.88 Å². The first kappa shape index (κ1) is 20.5. The Kier molecular flexibility index (Phi) is 5.68. The fourth-order valence-corrected chi connectivity index (χ4v) is 3.86. The number of rotatable bonds is 6. The van der Waals surface area contributed by atoms with Gasteiger partial charge in [-0.3, -0.25) is 4.79 Å². The summed E-state index contributed by atoms with van der Waals surface area (Å²) in [6.07, 6.45) is 0.599. The Labute approximate surface area is 169 Å². The van der Waals surface area contributed by atoms with E-state index in [1.807, 2.05) is 17.7 Å². The molecule has 1 heterocycles. The van der Waals surface area contributed by atoms with Crippen molar-refractivity contribution in [2.45, 2.75) is 17.7 Å². The van der Waals surface area contributed by atoms with Crippen LogP contribution in [0.1, 0.15) is 17.8 Å². The summed E-state index contributed by atoms with van der Waals surface area (Å²) in [5, 5.41) is 11.7. The minimum Gasteiger partial charge on any atom is -0.331 e. The third kappa shape index (κ3) is 4.29. The van der Waals surface area contributed by atoms with Gasteiger partial charge in [-0.2, -0.15) is 5.26 Å². The molecule has 0 spiro atoms. The van der Waals surface area contributed by atoms with Crippen LogP contribution in [-0.4, -0.2) is 42.3 Å². The van der Waals surface area contributed by atoms with E-state index in [1.54, 1.807) is 42.5 Å². The minimum absolute atomic E-state index is 0.176. The molecule has 0 saturated heterocycles. The van der Waals surface area contributed by atoms with Crippen molar-refractivity contribution in [3.8, 4) is 6.07 Å². The van der Waals surface area contributed by atoms with E-state index in [0.717, 1.165) is 9.82 Å².